The Bertz CT molecular complexity index is 1630. The molecule has 188 valence electrons. The monoisotopic (exact) mass is 504 g/mol. The Morgan fingerprint density at radius 2 is 1.66 bits per heavy atom. The maximum atomic E-state index is 13.5. The molecule has 0 fully saturated rings. The third kappa shape index (κ3) is 5.39. The summed E-state index contributed by atoms with van der Waals surface area (Å²) in [6.07, 6.45) is 1.70. The summed E-state index contributed by atoms with van der Waals surface area (Å²) in [5, 5.41) is 16.8. The lowest BCUT2D eigenvalue weighted by molar-refractivity contribution is 0.0696. The number of nitrogen functional groups attached to an aromatic ring is 1. The quantitative estimate of drug-likeness (QED) is 0.228. The fraction of sp³-hybridized carbons (Fsp3) is 0.0333. The second-order valence-electron chi connectivity index (χ2n) is 8.72. The first-order valence-electron chi connectivity index (χ1n) is 11.8. The number of benzene rings is 4. The van der Waals surface area contributed by atoms with Gasteiger partial charge in [0.15, 0.2) is 0 Å². The van der Waals surface area contributed by atoms with E-state index in [4.69, 9.17) is 15.6 Å². The lowest BCUT2D eigenvalue weighted by Crippen LogP contribution is -2.12. The van der Waals surface area contributed by atoms with Gasteiger partial charge in [-0.3, -0.25) is 4.79 Å². The molecule has 1 aromatic heterocycles. The molecular weight excluding hydrogens is 480 g/mol. The minimum atomic E-state index is -1.06. The molecule has 0 aliphatic carbocycles. The van der Waals surface area contributed by atoms with Gasteiger partial charge in [0.2, 0.25) is 0 Å². The first kappa shape index (κ1) is 24.3. The molecule has 5 aromatic rings. The molecule has 4 N–H and O–H groups in total. The molecular formula is C30H24N4O4. The molecule has 0 atom stereocenters. The summed E-state index contributed by atoms with van der Waals surface area (Å²) in [6.45, 7) is 2.00. The van der Waals surface area contributed by atoms with Crippen molar-refractivity contribution in [1.82, 2.24) is 9.78 Å². The summed E-state index contributed by atoms with van der Waals surface area (Å²) >= 11 is 0. The molecule has 0 spiro atoms. The number of rotatable bonds is 7. The SMILES string of the molecule is Cc1ccc(-c2nn(-c3ccccc3)cc2C(=O)Nc2cc(N)cc(Oc3cccc(C(=O)O)c3)c2)cc1. The molecule has 0 saturated carbocycles. The van der Waals surface area contributed by atoms with Crippen molar-refractivity contribution in [3.8, 4) is 28.4 Å². The van der Waals surface area contributed by atoms with E-state index in [1.165, 1.54) is 12.1 Å². The Kier molecular flexibility index (Phi) is 6.61. The second-order valence-corrected chi connectivity index (χ2v) is 8.72. The van der Waals surface area contributed by atoms with Crippen LogP contribution in [0.15, 0.2) is 103 Å². The molecule has 0 aliphatic heterocycles. The van der Waals surface area contributed by atoms with E-state index < -0.39 is 5.97 Å². The molecule has 0 unspecified atom stereocenters. The number of amides is 1. The van der Waals surface area contributed by atoms with Crippen LogP contribution in [0.1, 0.15) is 26.3 Å². The maximum absolute atomic E-state index is 13.5. The van der Waals surface area contributed by atoms with Crippen LogP contribution in [0.25, 0.3) is 16.9 Å². The summed E-state index contributed by atoms with van der Waals surface area (Å²) in [4.78, 5) is 24.8. The van der Waals surface area contributed by atoms with Gasteiger partial charge in [-0.05, 0) is 43.3 Å². The number of nitrogens with one attached hydrogen (secondary N) is 1. The van der Waals surface area contributed by atoms with Gasteiger partial charge in [0, 0.05) is 35.3 Å². The van der Waals surface area contributed by atoms with Gasteiger partial charge in [-0.15, -0.1) is 0 Å². The second kappa shape index (κ2) is 10.3. The molecule has 0 bridgehead atoms. The number of carboxylic acid groups (broad SMARTS) is 1. The predicted molar refractivity (Wildman–Crippen MR) is 146 cm³/mol. The lowest BCUT2D eigenvalue weighted by Gasteiger charge is -2.11. The average molecular weight is 505 g/mol. The van der Waals surface area contributed by atoms with Crippen LogP contribution in [0.3, 0.4) is 0 Å². The van der Waals surface area contributed by atoms with E-state index in [0.717, 1.165) is 16.8 Å². The van der Waals surface area contributed by atoms with Gasteiger partial charge in [0.1, 0.15) is 17.2 Å². The summed E-state index contributed by atoms with van der Waals surface area (Å²) < 4.78 is 7.51. The number of carboxylic acids is 1. The number of nitrogens with zero attached hydrogens (tertiary/aromatic N) is 2. The Morgan fingerprint density at radius 3 is 2.39 bits per heavy atom. The van der Waals surface area contributed by atoms with Gasteiger partial charge < -0.3 is 20.9 Å². The Morgan fingerprint density at radius 1 is 0.895 bits per heavy atom. The lowest BCUT2D eigenvalue weighted by atomic mass is 10.1. The van der Waals surface area contributed by atoms with Crippen LogP contribution in [0.5, 0.6) is 11.5 Å². The third-order valence-corrected chi connectivity index (χ3v) is 5.81. The summed E-state index contributed by atoms with van der Waals surface area (Å²) in [5.74, 6) is -0.747. The molecule has 0 saturated heterocycles. The number of hydrogen-bond donors (Lipinski definition) is 3. The molecule has 8 nitrogen and oxygen atoms in total. The van der Waals surface area contributed by atoms with Crippen molar-refractivity contribution in [2.75, 3.05) is 11.1 Å². The molecule has 38 heavy (non-hydrogen) atoms. The summed E-state index contributed by atoms with van der Waals surface area (Å²) in [6, 6.07) is 28.3. The number of hydrogen-bond acceptors (Lipinski definition) is 5. The maximum Gasteiger partial charge on any atom is 0.335 e. The highest BCUT2D eigenvalue weighted by atomic mass is 16.5. The van der Waals surface area contributed by atoms with Gasteiger partial charge in [-0.2, -0.15) is 5.10 Å². The van der Waals surface area contributed by atoms with E-state index in [9.17, 15) is 14.7 Å². The first-order chi connectivity index (χ1) is 18.4. The van der Waals surface area contributed by atoms with Crippen molar-refractivity contribution >= 4 is 23.3 Å². The van der Waals surface area contributed by atoms with Gasteiger partial charge in [-0.25, -0.2) is 9.48 Å². The minimum Gasteiger partial charge on any atom is -0.478 e. The molecule has 1 heterocycles. The van der Waals surface area contributed by atoms with Crippen molar-refractivity contribution in [3.63, 3.8) is 0 Å². The number of nitrogens with two attached hydrogens (primary N) is 1. The van der Waals surface area contributed by atoms with Crippen molar-refractivity contribution in [2.24, 2.45) is 0 Å². The minimum absolute atomic E-state index is 0.0963. The number of aromatic carboxylic acids is 1. The topological polar surface area (TPSA) is 119 Å². The van der Waals surface area contributed by atoms with Gasteiger partial charge in [0.25, 0.3) is 5.91 Å². The highest BCUT2D eigenvalue weighted by Crippen LogP contribution is 2.30. The van der Waals surface area contributed by atoms with E-state index in [1.54, 1.807) is 41.2 Å². The van der Waals surface area contributed by atoms with Gasteiger partial charge in [0.05, 0.1) is 16.8 Å². The van der Waals surface area contributed by atoms with Crippen molar-refractivity contribution in [2.45, 2.75) is 6.92 Å². The fourth-order valence-electron chi connectivity index (χ4n) is 3.96. The molecule has 4 aromatic carbocycles. The van der Waals surface area contributed by atoms with Crippen molar-refractivity contribution in [3.05, 3.63) is 120 Å². The number of carbonyl (C=O) groups excluding carboxylic acids is 1. The highest BCUT2D eigenvalue weighted by molar-refractivity contribution is 6.08. The van der Waals surface area contributed by atoms with E-state index in [2.05, 4.69) is 5.32 Å². The average Bonchev–Trinajstić information content (AvgIpc) is 3.35. The molecule has 1 amide bonds. The molecule has 0 radical (unpaired) electrons. The van der Waals surface area contributed by atoms with Crippen LogP contribution >= 0.6 is 0 Å². The molecule has 0 aliphatic rings. The van der Waals surface area contributed by atoms with Crippen LogP contribution in [0.2, 0.25) is 0 Å². The van der Waals surface area contributed by atoms with Crippen LogP contribution in [0.4, 0.5) is 11.4 Å². The molecule has 8 heteroatoms. The van der Waals surface area contributed by atoms with Crippen LogP contribution in [-0.4, -0.2) is 26.8 Å². The first-order valence-corrected chi connectivity index (χ1v) is 11.8. The standard InChI is InChI=1S/C30H24N4O4/c1-19-10-12-20(13-11-19)28-27(18-34(33-28)24-7-3-2-4-8-24)29(35)32-23-15-22(31)16-26(17-23)38-25-9-5-6-21(14-25)30(36)37/h2-18H,31H2,1H3,(H,32,35)(H,36,37). The predicted octanol–water partition coefficient (Wildman–Crippen LogP) is 6.17. The number of anilines is 2. The van der Waals surface area contributed by atoms with Gasteiger partial charge in [-0.1, -0.05) is 54.1 Å². The van der Waals surface area contributed by atoms with Crippen LogP contribution in [0, 0.1) is 6.92 Å². The summed E-state index contributed by atoms with van der Waals surface area (Å²) in [5.41, 5.74) is 10.6. The van der Waals surface area contributed by atoms with E-state index in [-0.39, 0.29) is 11.5 Å². The number of para-hydroxylation sites is 1. The normalized spacial score (nSPS) is 10.7. The fourth-order valence-corrected chi connectivity index (χ4v) is 3.96. The zero-order valence-corrected chi connectivity index (χ0v) is 20.5. The zero-order valence-electron chi connectivity index (χ0n) is 20.5. The number of aryl methyl sites for hydroxylation is 1. The molecule has 5 rings (SSSR count). The Labute approximate surface area is 218 Å². The van der Waals surface area contributed by atoms with Crippen molar-refractivity contribution in [1.29, 1.82) is 0 Å². The highest BCUT2D eigenvalue weighted by Gasteiger charge is 2.19. The number of aromatic nitrogens is 2. The largest absolute Gasteiger partial charge is 0.478 e. The van der Waals surface area contributed by atoms with E-state index in [1.807, 2.05) is 61.5 Å². The van der Waals surface area contributed by atoms with Crippen LogP contribution in [-0.2, 0) is 0 Å². The smallest absolute Gasteiger partial charge is 0.335 e. The zero-order chi connectivity index (χ0) is 26.6. The van der Waals surface area contributed by atoms with E-state index in [0.29, 0.717) is 34.1 Å². The summed E-state index contributed by atoms with van der Waals surface area (Å²) in [7, 11) is 0. The van der Waals surface area contributed by atoms with Gasteiger partial charge >= 0.3 is 5.97 Å². The number of ether oxygens (including phenoxy) is 1. The van der Waals surface area contributed by atoms with E-state index >= 15 is 0 Å². The third-order valence-electron chi connectivity index (χ3n) is 5.81. The van der Waals surface area contributed by atoms with Crippen LogP contribution < -0.4 is 15.8 Å². The van der Waals surface area contributed by atoms with Crippen molar-refractivity contribution < 1.29 is 19.4 Å². The number of carbonyl (C=O) groups is 2. The Balaban J connectivity index is 1.46. The Hall–Kier alpha value is -5.37.